The average molecular weight is 490 g/mol. The number of benzene rings is 5. The van der Waals surface area contributed by atoms with Gasteiger partial charge < -0.3 is 4.57 Å². The van der Waals surface area contributed by atoms with Crippen LogP contribution in [-0.4, -0.2) is 4.57 Å². The van der Waals surface area contributed by atoms with Crippen LogP contribution >= 0.6 is 15.9 Å². The van der Waals surface area contributed by atoms with Gasteiger partial charge in [0, 0.05) is 15.2 Å². The molecular formula is C30H20BrN. The van der Waals surface area contributed by atoms with Gasteiger partial charge in [0.05, 0.1) is 38.7 Å². The van der Waals surface area contributed by atoms with Crippen LogP contribution in [0.3, 0.4) is 0 Å². The molecule has 6 aromatic rings. The van der Waals surface area contributed by atoms with Crippen LogP contribution < -0.4 is 0 Å². The third-order valence-corrected chi connectivity index (χ3v) is 5.55. The number of fused-ring (bicyclic) bond motifs is 3. The van der Waals surface area contributed by atoms with Crippen molar-refractivity contribution in [2.75, 3.05) is 0 Å². The fraction of sp³-hybridized carbons (Fsp3) is 0. The van der Waals surface area contributed by atoms with Gasteiger partial charge in [0.1, 0.15) is 0 Å². The van der Waals surface area contributed by atoms with E-state index in [9.17, 15) is 2.74 Å². The van der Waals surface area contributed by atoms with Gasteiger partial charge in [-0.05, 0) is 74.5 Å². The van der Waals surface area contributed by atoms with Gasteiger partial charge in [0.2, 0.25) is 0 Å². The second-order valence-corrected chi connectivity index (χ2v) is 7.59. The number of para-hydroxylation sites is 1. The molecule has 1 heterocycles. The topological polar surface area (TPSA) is 4.93 Å². The molecule has 0 unspecified atom stereocenters. The monoisotopic (exact) mass is 489 g/mol. The Labute approximate surface area is 218 Å². The molecule has 32 heavy (non-hydrogen) atoms. The van der Waals surface area contributed by atoms with Crippen LogP contribution in [0.5, 0.6) is 0 Å². The summed E-state index contributed by atoms with van der Waals surface area (Å²) in [5.74, 6) is 0. The smallest absolute Gasteiger partial charge is 0.0645 e. The third-order valence-electron chi connectivity index (χ3n) is 4.88. The van der Waals surface area contributed by atoms with Gasteiger partial charge in [-0.25, -0.2) is 0 Å². The quantitative estimate of drug-likeness (QED) is 0.233. The second kappa shape index (κ2) is 7.81. The zero-order valence-electron chi connectivity index (χ0n) is 32.1. The molecule has 0 saturated carbocycles. The molecule has 1 nitrogen and oxygen atoms in total. The van der Waals surface area contributed by atoms with Crippen LogP contribution in [0.25, 0.3) is 49.7 Å². The molecule has 6 rings (SSSR count). The van der Waals surface area contributed by atoms with Crippen molar-refractivity contribution in [2.45, 2.75) is 0 Å². The van der Waals surface area contributed by atoms with E-state index >= 15 is 0 Å². The molecule has 0 aliphatic rings. The summed E-state index contributed by atoms with van der Waals surface area (Å²) in [4.78, 5) is 0. The highest BCUT2D eigenvalue weighted by molar-refractivity contribution is 9.10. The van der Waals surface area contributed by atoms with Gasteiger partial charge >= 0.3 is 0 Å². The Morgan fingerprint density at radius 1 is 0.562 bits per heavy atom. The minimum absolute atomic E-state index is 0.164. The van der Waals surface area contributed by atoms with E-state index in [4.69, 9.17) is 19.2 Å². The average Bonchev–Trinajstić information content (AvgIpc) is 3.42. The maximum Gasteiger partial charge on any atom is 0.0645 e. The van der Waals surface area contributed by atoms with E-state index in [2.05, 4.69) is 15.9 Å². The van der Waals surface area contributed by atoms with Crippen molar-refractivity contribution in [3.8, 4) is 27.9 Å². The van der Waals surface area contributed by atoms with Gasteiger partial charge in [-0.1, -0.05) is 84.6 Å². The normalized spacial score (nSPS) is 18.3. The number of rotatable bonds is 3. The molecule has 5 aromatic carbocycles. The Hall–Kier alpha value is -3.62. The van der Waals surface area contributed by atoms with Crippen molar-refractivity contribution < 1.29 is 21.9 Å². The lowest BCUT2D eigenvalue weighted by Crippen LogP contribution is -1.94. The predicted molar refractivity (Wildman–Crippen MR) is 139 cm³/mol. The van der Waals surface area contributed by atoms with Gasteiger partial charge in [0.25, 0.3) is 0 Å². The second-order valence-electron chi connectivity index (χ2n) is 6.73. The largest absolute Gasteiger partial charge is 0.308 e. The number of hydrogen-bond donors (Lipinski definition) is 0. The maximum atomic E-state index is 9.38. The van der Waals surface area contributed by atoms with Crippen molar-refractivity contribution in [3.05, 3.63) is 125 Å². The summed E-state index contributed by atoms with van der Waals surface area (Å²) in [6.45, 7) is 0. The standard InChI is InChI=1S/C30H20BrN/c31-27-13-7-8-14-30(27)32-28-17-15-23(21-9-3-1-4-10-21)19-25(28)26-20-24(16-18-29(26)32)22-11-5-2-6-12-22/h1-20H/i1D,2D,3D,4D,5D,6D,9D,10D,11D,12D,15D,16D,17D,18D,19D,20D. The van der Waals surface area contributed by atoms with Gasteiger partial charge in [-0.2, -0.15) is 0 Å². The summed E-state index contributed by atoms with van der Waals surface area (Å²) in [6.07, 6.45) is 0. The van der Waals surface area contributed by atoms with Crippen LogP contribution in [0.15, 0.2) is 125 Å². The van der Waals surface area contributed by atoms with E-state index in [0.717, 1.165) is 0 Å². The molecule has 0 atom stereocenters. The van der Waals surface area contributed by atoms with E-state index in [1.54, 1.807) is 24.3 Å². The first kappa shape index (κ1) is 8.73. The van der Waals surface area contributed by atoms with Crippen molar-refractivity contribution >= 4 is 37.7 Å². The van der Waals surface area contributed by atoms with E-state index in [0.29, 0.717) is 10.2 Å². The lowest BCUT2D eigenvalue weighted by atomic mass is 10.0. The fourth-order valence-corrected chi connectivity index (χ4v) is 3.94. The van der Waals surface area contributed by atoms with Crippen molar-refractivity contribution in [2.24, 2.45) is 0 Å². The highest BCUT2D eigenvalue weighted by atomic mass is 79.9. The number of hydrogen-bond acceptors (Lipinski definition) is 0. The molecule has 0 fully saturated rings. The van der Waals surface area contributed by atoms with Gasteiger partial charge in [-0.15, -0.1) is 0 Å². The highest BCUT2D eigenvalue weighted by Gasteiger charge is 2.15. The van der Waals surface area contributed by atoms with Crippen LogP contribution in [-0.2, 0) is 0 Å². The first-order valence-corrected chi connectivity index (χ1v) is 10.2. The molecule has 0 N–H and O–H groups in total. The lowest BCUT2D eigenvalue weighted by Gasteiger charge is -2.10. The van der Waals surface area contributed by atoms with E-state index in [-0.39, 0.29) is 21.8 Å². The summed E-state index contributed by atoms with van der Waals surface area (Å²) in [5, 5.41) is -0.480. The van der Waals surface area contributed by atoms with E-state index in [1.165, 1.54) is 4.57 Å². The molecule has 152 valence electrons. The summed E-state index contributed by atoms with van der Waals surface area (Å²) < 4.78 is 140. The van der Waals surface area contributed by atoms with E-state index < -0.39 is 119 Å². The summed E-state index contributed by atoms with van der Waals surface area (Å²) >= 11 is 3.45. The molecule has 0 radical (unpaired) electrons. The number of aromatic nitrogens is 1. The van der Waals surface area contributed by atoms with Crippen molar-refractivity contribution in [1.82, 2.24) is 4.57 Å². The molecule has 1 aromatic heterocycles. The molecular weight excluding hydrogens is 454 g/mol. The highest BCUT2D eigenvalue weighted by Crippen LogP contribution is 2.38. The fourth-order valence-electron chi connectivity index (χ4n) is 3.48. The Bertz CT molecular complexity index is 2230. The first-order chi connectivity index (χ1) is 22.5. The molecule has 0 bridgehead atoms. The third kappa shape index (κ3) is 3.16. The Balaban J connectivity index is 1.95. The van der Waals surface area contributed by atoms with Crippen LogP contribution in [0.1, 0.15) is 21.9 Å². The Kier molecular flexibility index (Phi) is 2.13. The zero-order valence-corrected chi connectivity index (χ0v) is 17.7. The number of nitrogens with zero attached hydrogens (tertiary/aromatic N) is 1. The summed E-state index contributed by atoms with van der Waals surface area (Å²) in [7, 11) is 0. The minimum atomic E-state index is -0.732. The molecule has 0 saturated heterocycles. The first-order valence-electron chi connectivity index (χ1n) is 17.4. The number of halogens is 1. The summed E-state index contributed by atoms with van der Waals surface area (Å²) in [5.41, 5.74) is -2.07. The maximum absolute atomic E-state index is 9.38. The summed E-state index contributed by atoms with van der Waals surface area (Å²) in [6, 6.07) is -4.40. The minimum Gasteiger partial charge on any atom is -0.308 e. The molecule has 0 amide bonds. The van der Waals surface area contributed by atoms with E-state index in [1.807, 2.05) is 0 Å². The van der Waals surface area contributed by atoms with Crippen LogP contribution in [0, 0.1) is 0 Å². The van der Waals surface area contributed by atoms with Gasteiger partial charge in [-0.3, -0.25) is 0 Å². The molecule has 0 aliphatic heterocycles. The lowest BCUT2D eigenvalue weighted by molar-refractivity contribution is 1.17. The van der Waals surface area contributed by atoms with Crippen molar-refractivity contribution in [1.29, 1.82) is 0 Å². The molecule has 2 heteroatoms. The van der Waals surface area contributed by atoms with Crippen LogP contribution in [0.4, 0.5) is 0 Å². The van der Waals surface area contributed by atoms with Crippen LogP contribution in [0.2, 0.25) is 0 Å². The molecule has 0 spiro atoms. The zero-order chi connectivity index (χ0) is 35.4. The molecule has 0 aliphatic carbocycles. The van der Waals surface area contributed by atoms with Gasteiger partial charge in [0.15, 0.2) is 0 Å². The predicted octanol–water partition coefficient (Wildman–Crippen LogP) is 8.88. The SMILES string of the molecule is [2H]c1c([2H])c([2H])c(-c2c([2H])c([2H])c3c(c2[2H])c2c([2H])c(-c4c([2H])c([2H])c([2H])c([2H])c4[2H])c([2H])c([2H])c2n3-c2ccccc2Br)c([2H])c1[2H]. The Morgan fingerprint density at radius 2 is 1.06 bits per heavy atom. The van der Waals surface area contributed by atoms with Crippen molar-refractivity contribution in [3.63, 3.8) is 0 Å². The Morgan fingerprint density at radius 3 is 1.56 bits per heavy atom.